The third-order valence-corrected chi connectivity index (χ3v) is 5.62. The molecule has 0 radical (unpaired) electrons. The maximum Gasteiger partial charge on any atom is 0.338 e. The lowest BCUT2D eigenvalue weighted by atomic mass is 10.0. The zero-order chi connectivity index (χ0) is 14.6. The topological polar surface area (TPSA) is 64.3 Å². The molecule has 0 amide bonds. The summed E-state index contributed by atoms with van der Waals surface area (Å²) in [4.78, 5) is 11.7. The van der Waals surface area contributed by atoms with Crippen LogP contribution in [0.2, 0.25) is 0 Å². The van der Waals surface area contributed by atoms with Crippen LogP contribution < -0.4 is 11.1 Å². The minimum absolute atomic E-state index is 0.308. The van der Waals surface area contributed by atoms with E-state index in [9.17, 15) is 4.79 Å². The molecule has 0 spiro atoms. The molecule has 2 bridgehead atoms. The molecule has 4 atom stereocenters. The van der Waals surface area contributed by atoms with E-state index >= 15 is 0 Å². The van der Waals surface area contributed by atoms with Crippen molar-refractivity contribution in [2.24, 2.45) is 23.7 Å². The van der Waals surface area contributed by atoms with Gasteiger partial charge in [-0.25, -0.2) is 4.79 Å². The fourth-order valence-corrected chi connectivity index (χ4v) is 4.73. The van der Waals surface area contributed by atoms with Gasteiger partial charge < -0.3 is 15.8 Å². The number of nitrogens with two attached hydrogens (primary N) is 1. The van der Waals surface area contributed by atoms with Crippen LogP contribution in [0, 0.1) is 23.7 Å². The van der Waals surface area contributed by atoms with Crippen LogP contribution >= 0.6 is 0 Å². The maximum atomic E-state index is 11.7. The fourth-order valence-electron chi connectivity index (χ4n) is 4.73. The van der Waals surface area contributed by atoms with Crippen molar-refractivity contribution in [2.45, 2.75) is 32.2 Å². The van der Waals surface area contributed by atoms with E-state index in [1.807, 2.05) is 6.07 Å². The number of esters is 1. The molecule has 0 aromatic heterocycles. The molecule has 3 saturated carbocycles. The molecule has 3 aliphatic rings. The average Bonchev–Trinajstić information content (AvgIpc) is 2.86. The van der Waals surface area contributed by atoms with E-state index in [2.05, 4.69) is 5.32 Å². The standard InChI is InChI=1S/C17H22N2O2/c1-2-21-17(20)11-5-6-13(12(18)8-11)19-16-14-9-3-4-10(7-9)15(14)16/h5-6,8-10,14-16,19H,2-4,7,18H2,1H3. The zero-order valence-corrected chi connectivity index (χ0v) is 12.3. The molecule has 4 nitrogen and oxygen atoms in total. The van der Waals surface area contributed by atoms with Crippen molar-refractivity contribution in [1.29, 1.82) is 0 Å². The number of ether oxygens (including phenoxy) is 1. The maximum absolute atomic E-state index is 11.7. The summed E-state index contributed by atoms with van der Waals surface area (Å²) in [5, 5.41) is 3.61. The zero-order valence-electron chi connectivity index (χ0n) is 12.3. The Bertz CT molecular complexity index is 570. The summed E-state index contributed by atoms with van der Waals surface area (Å²) in [6, 6.07) is 6.03. The Kier molecular flexibility index (Phi) is 2.88. The number of nitrogens with one attached hydrogen (secondary N) is 1. The highest BCUT2D eigenvalue weighted by molar-refractivity contribution is 5.92. The number of anilines is 2. The summed E-state index contributed by atoms with van der Waals surface area (Å²) in [6.45, 7) is 2.18. The molecule has 4 rings (SSSR count). The first-order valence-electron chi connectivity index (χ1n) is 8.02. The van der Waals surface area contributed by atoms with Gasteiger partial charge in [0.2, 0.25) is 0 Å². The highest BCUT2D eigenvalue weighted by atomic mass is 16.5. The van der Waals surface area contributed by atoms with Gasteiger partial charge in [-0.05, 0) is 68.1 Å². The summed E-state index contributed by atoms with van der Waals surface area (Å²) >= 11 is 0. The van der Waals surface area contributed by atoms with E-state index in [0.29, 0.717) is 23.9 Å². The third kappa shape index (κ3) is 2.00. The van der Waals surface area contributed by atoms with Crippen molar-refractivity contribution < 1.29 is 9.53 Å². The van der Waals surface area contributed by atoms with Gasteiger partial charge in [0.05, 0.1) is 23.5 Å². The number of carbonyl (C=O) groups excluding carboxylic acids is 1. The summed E-state index contributed by atoms with van der Waals surface area (Å²) < 4.78 is 5.00. The molecule has 4 heteroatoms. The predicted molar refractivity (Wildman–Crippen MR) is 82.0 cm³/mol. The summed E-state index contributed by atoms with van der Waals surface area (Å²) in [6.07, 6.45) is 4.29. The first kappa shape index (κ1) is 13.0. The quantitative estimate of drug-likeness (QED) is 0.660. The Morgan fingerprint density at radius 3 is 2.67 bits per heavy atom. The van der Waals surface area contributed by atoms with Gasteiger partial charge in [-0.1, -0.05) is 0 Å². The monoisotopic (exact) mass is 286 g/mol. The molecule has 112 valence electrons. The van der Waals surface area contributed by atoms with Crippen molar-refractivity contribution in [3.63, 3.8) is 0 Å². The lowest BCUT2D eigenvalue weighted by Gasteiger charge is -2.14. The van der Waals surface area contributed by atoms with Crippen molar-refractivity contribution in [2.75, 3.05) is 17.7 Å². The van der Waals surface area contributed by atoms with Crippen LogP contribution in [-0.4, -0.2) is 18.6 Å². The van der Waals surface area contributed by atoms with Crippen molar-refractivity contribution in [3.05, 3.63) is 23.8 Å². The lowest BCUT2D eigenvalue weighted by Crippen LogP contribution is -2.14. The molecule has 3 aliphatic carbocycles. The van der Waals surface area contributed by atoms with Crippen LogP contribution in [0.15, 0.2) is 18.2 Å². The first-order chi connectivity index (χ1) is 10.2. The number of hydrogen-bond donors (Lipinski definition) is 2. The fraction of sp³-hybridized carbons (Fsp3) is 0.588. The van der Waals surface area contributed by atoms with Gasteiger partial charge in [0.15, 0.2) is 0 Å². The Morgan fingerprint density at radius 2 is 2.05 bits per heavy atom. The van der Waals surface area contributed by atoms with Crippen LogP contribution in [0.25, 0.3) is 0 Å². The SMILES string of the molecule is CCOC(=O)c1ccc(NC2C3C4CCC(C4)C23)c(N)c1. The van der Waals surface area contributed by atoms with E-state index in [1.54, 1.807) is 19.1 Å². The minimum Gasteiger partial charge on any atom is -0.462 e. The highest BCUT2D eigenvalue weighted by Crippen LogP contribution is 2.66. The van der Waals surface area contributed by atoms with Crippen LogP contribution in [-0.2, 0) is 4.74 Å². The second-order valence-corrected chi connectivity index (χ2v) is 6.68. The largest absolute Gasteiger partial charge is 0.462 e. The molecular weight excluding hydrogens is 264 g/mol. The molecule has 0 saturated heterocycles. The van der Waals surface area contributed by atoms with E-state index in [4.69, 9.17) is 10.5 Å². The van der Waals surface area contributed by atoms with Crippen LogP contribution in [0.5, 0.6) is 0 Å². The number of fused-ring (bicyclic) bond motifs is 5. The number of nitrogen functional groups attached to an aromatic ring is 1. The van der Waals surface area contributed by atoms with Crippen LogP contribution in [0.3, 0.4) is 0 Å². The third-order valence-electron chi connectivity index (χ3n) is 5.62. The van der Waals surface area contributed by atoms with Crippen molar-refractivity contribution >= 4 is 17.3 Å². The number of benzene rings is 1. The number of carbonyl (C=O) groups is 1. The molecule has 0 heterocycles. The van der Waals surface area contributed by atoms with E-state index in [1.165, 1.54) is 19.3 Å². The molecule has 3 N–H and O–H groups in total. The smallest absolute Gasteiger partial charge is 0.338 e. The molecule has 1 aromatic rings. The Hall–Kier alpha value is -1.71. The normalized spacial score (nSPS) is 35.4. The van der Waals surface area contributed by atoms with Gasteiger partial charge in [-0.3, -0.25) is 0 Å². The Labute approximate surface area is 125 Å². The van der Waals surface area contributed by atoms with E-state index < -0.39 is 0 Å². The second-order valence-electron chi connectivity index (χ2n) is 6.68. The minimum atomic E-state index is -0.308. The average molecular weight is 286 g/mol. The number of hydrogen-bond acceptors (Lipinski definition) is 4. The molecule has 4 unspecified atom stereocenters. The molecular formula is C17H22N2O2. The molecule has 0 aliphatic heterocycles. The van der Waals surface area contributed by atoms with Gasteiger partial charge in [0.1, 0.15) is 0 Å². The molecule has 1 aromatic carbocycles. The lowest BCUT2D eigenvalue weighted by molar-refractivity contribution is 0.0526. The van der Waals surface area contributed by atoms with E-state index in [-0.39, 0.29) is 5.97 Å². The summed E-state index contributed by atoms with van der Waals surface area (Å²) in [5.74, 6) is 3.31. The highest BCUT2D eigenvalue weighted by Gasteiger charge is 2.65. The van der Waals surface area contributed by atoms with Crippen molar-refractivity contribution in [1.82, 2.24) is 0 Å². The van der Waals surface area contributed by atoms with Gasteiger partial charge >= 0.3 is 5.97 Å². The predicted octanol–water partition coefficient (Wildman–Crippen LogP) is 2.90. The van der Waals surface area contributed by atoms with Gasteiger partial charge in [0, 0.05) is 6.04 Å². The molecule has 3 fully saturated rings. The second kappa shape index (κ2) is 4.65. The number of rotatable bonds is 4. The molecule has 21 heavy (non-hydrogen) atoms. The first-order valence-corrected chi connectivity index (χ1v) is 8.02. The van der Waals surface area contributed by atoms with Gasteiger partial charge in [-0.15, -0.1) is 0 Å². The Morgan fingerprint density at radius 1 is 1.33 bits per heavy atom. The van der Waals surface area contributed by atoms with E-state index in [0.717, 1.165) is 29.4 Å². The van der Waals surface area contributed by atoms with Crippen molar-refractivity contribution in [3.8, 4) is 0 Å². The summed E-state index contributed by atoms with van der Waals surface area (Å²) in [5.41, 5.74) is 8.22. The summed E-state index contributed by atoms with van der Waals surface area (Å²) in [7, 11) is 0. The van der Waals surface area contributed by atoms with Gasteiger partial charge in [0.25, 0.3) is 0 Å². The van der Waals surface area contributed by atoms with Crippen LogP contribution in [0.4, 0.5) is 11.4 Å². The Balaban J connectivity index is 1.46. The van der Waals surface area contributed by atoms with Gasteiger partial charge in [-0.2, -0.15) is 0 Å². The van der Waals surface area contributed by atoms with Crippen LogP contribution in [0.1, 0.15) is 36.5 Å².